The summed E-state index contributed by atoms with van der Waals surface area (Å²) in [6.45, 7) is 1.75. The highest BCUT2D eigenvalue weighted by atomic mass is 35.5. The minimum atomic E-state index is -1.06. The molecule has 0 radical (unpaired) electrons. The van der Waals surface area contributed by atoms with E-state index in [-0.39, 0.29) is 28.2 Å². The molecule has 0 unspecified atom stereocenters. The molecule has 1 aromatic heterocycles. The van der Waals surface area contributed by atoms with Crippen LogP contribution in [0.1, 0.15) is 5.56 Å². The van der Waals surface area contributed by atoms with E-state index in [9.17, 15) is 13.6 Å². The molecule has 6 nitrogen and oxygen atoms in total. The van der Waals surface area contributed by atoms with Crippen LogP contribution < -0.4 is 15.4 Å². The maximum absolute atomic E-state index is 13.6. The number of oxazole rings is 1. The van der Waals surface area contributed by atoms with Crippen LogP contribution in [0.15, 0.2) is 59.0 Å². The van der Waals surface area contributed by atoms with Gasteiger partial charge in [0.2, 0.25) is 5.89 Å². The van der Waals surface area contributed by atoms with Crippen molar-refractivity contribution in [3.8, 4) is 17.2 Å². The Morgan fingerprint density at radius 2 is 1.85 bits per heavy atom. The van der Waals surface area contributed by atoms with Crippen molar-refractivity contribution in [1.82, 2.24) is 10.3 Å². The number of aromatic nitrogens is 1. The van der Waals surface area contributed by atoms with E-state index in [4.69, 9.17) is 33.0 Å². The summed E-state index contributed by atoms with van der Waals surface area (Å²) in [5, 5.41) is 5.44. The van der Waals surface area contributed by atoms with Crippen LogP contribution in [0.2, 0.25) is 5.02 Å². The summed E-state index contributed by atoms with van der Waals surface area (Å²) >= 11 is 11.2. The number of rotatable bonds is 5. The number of hydrogen-bond acceptors (Lipinski definition) is 5. The first kappa shape index (κ1) is 22.6. The molecule has 0 aliphatic heterocycles. The first-order valence-corrected chi connectivity index (χ1v) is 10.4. The van der Waals surface area contributed by atoms with E-state index in [0.29, 0.717) is 22.5 Å². The fourth-order valence-electron chi connectivity index (χ4n) is 2.92. The molecule has 0 fully saturated rings. The minimum absolute atomic E-state index is 0.0319. The van der Waals surface area contributed by atoms with Gasteiger partial charge in [0.1, 0.15) is 11.3 Å². The SMILES string of the molecule is Cc1ccc(OCC(=O)NC(=S)Nc2ccc3oc(-c4cc(F)c(F)cc4Cl)nc3c2)cc1. The van der Waals surface area contributed by atoms with Gasteiger partial charge in [0.25, 0.3) is 5.91 Å². The van der Waals surface area contributed by atoms with Crippen LogP contribution in [0.3, 0.4) is 0 Å². The monoisotopic (exact) mass is 487 g/mol. The Bertz CT molecular complexity index is 1360. The number of nitrogens with zero attached hydrogens (tertiary/aromatic N) is 1. The summed E-state index contributed by atoms with van der Waals surface area (Å²) in [5.74, 6) is -1.94. The van der Waals surface area contributed by atoms with E-state index in [1.165, 1.54) is 0 Å². The summed E-state index contributed by atoms with van der Waals surface area (Å²) in [7, 11) is 0. The quantitative estimate of drug-likeness (QED) is 0.281. The number of ether oxygens (including phenoxy) is 1. The molecular weight excluding hydrogens is 472 g/mol. The van der Waals surface area contributed by atoms with E-state index in [0.717, 1.165) is 17.7 Å². The molecule has 168 valence electrons. The third-order valence-electron chi connectivity index (χ3n) is 4.53. The zero-order chi connectivity index (χ0) is 23.5. The molecule has 0 atom stereocenters. The molecule has 0 aliphatic rings. The third kappa shape index (κ3) is 5.44. The summed E-state index contributed by atoms with van der Waals surface area (Å²) in [4.78, 5) is 16.4. The van der Waals surface area contributed by atoms with Crippen molar-refractivity contribution >= 4 is 51.6 Å². The molecule has 1 heterocycles. The number of amides is 1. The number of nitrogens with one attached hydrogen (secondary N) is 2. The van der Waals surface area contributed by atoms with Crippen LogP contribution in [0.4, 0.5) is 14.5 Å². The number of thiocarbonyl (C=S) groups is 1. The van der Waals surface area contributed by atoms with Gasteiger partial charge in [-0.2, -0.15) is 0 Å². The van der Waals surface area contributed by atoms with Crippen LogP contribution in [-0.4, -0.2) is 22.6 Å². The van der Waals surface area contributed by atoms with Crippen LogP contribution >= 0.6 is 23.8 Å². The molecule has 0 saturated heterocycles. The molecule has 3 aromatic carbocycles. The minimum Gasteiger partial charge on any atom is -0.484 e. The summed E-state index contributed by atoms with van der Waals surface area (Å²) in [5.41, 5.74) is 2.56. The van der Waals surface area contributed by atoms with Gasteiger partial charge in [-0.05, 0) is 61.6 Å². The second kappa shape index (κ2) is 9.51. The lowest BCUT2D eigenvalue weighted by Gasteiger charge is -2.10. The zero-order valence-electron chi connectivity index (χ0n) is 17.1. The highest BCUT2D eigenvalue weighted by Crippen LogP contribution is 2.32. The van der Waals surface area contributed by atoms with Gasteiger partial charge in [-0.3, -0.25) is 10.1 Å². The molecule has 0 saturated carbocycles. The second-order valence-corrected chi connectivity index (χ2v) is 7.87. The predicted octanol–water partition coefficient (Wildman–Crippen LogP) is 5.63. The smallest absolute Gasteiger partial charge is 0.264 e. The van der Waals surface area contributed by atoms with Gasteiger partial charge in [-0.25, -0.2) is 13.8 Å². The Hall–Kier alpha value is -3.56. The maximum atomic E-state index is 13.6. The number of hydrogen-bond donors (Lipinski definition) is 2. The highest BCUT2D eigenvalue weighted by Gasteiger charge is 2.16. The van der Waals surface area contributed by atoms with Crippen molar-refractivity contribution in [2.24, 2.45) is 0 Å². The van der Waals surface area contributed by atoms with Crippen molar-refractivity contribution in [3.05, 3.63) is 76.8 Å². The molecule has 2 N–H and O–H groups in total. The molecule has 0 aliphatic carbocycles. The van der Waals surface area contributed by atoms with Crippen molar-refractivity contribution < 1.29 is 22.7 Å². The average Bonchev–Trinajstić information content (AvgIpc) is 3.19. The van der Waals surface area contributed by atoms with Gasteiger partial charge in [-0.15, -0.1) is 0 Å². The fraction of sp³-hybridized carbons (Fsp3) is 0.0870. The Balaban J connectivity index is 1.40. The van der Waals surface area contributed by atoms with Gasteiger partial charge in [0.05, 0.1) is 10.6 Å². The van der Waals surface area contributed by atoms with E-state index in [1.807, 2.05) is 19.1 Å². The molecular formula is C23H16ClF2N3O3S. The fourth-order valence-corrected chi connectivity index (χ4v) is 3.38. The third-order valence-corrected chi connectivity index (χ3v) is 5.05. The van der Waals surface area contributed by atoms with E-state index >= 15 is 0 Å². The van der Waals surface area contributed by atoms with E-state index in [1.54, 1.807) is 30.3 Å². The van der Waals surface area contributed by atoms with E-state index < -0.39 is 17.5 Å². The molecule has 10 heteroatoms. The number of carbonyl (C=O) groups is 1. The lowest BCUT2D eigenvalue weighted by atomic mass is 10.2. The zero-order valence-corrected chi connectivity index (χ0v) is 18.7. The van der Waals surface area contributed by atoms with Crippen LogP contribution in [0, 0.1) is 18.6 Å². The number of anilines is 1. The summed E-state index contributed by atoms with van der Waals surface area (Å²) < 4.78 is 38.0. The number of aryl methyl sites for hydroxylation is 1. The normalized spacial score (nSPS) is 10.8. The lowest BCUT2D eigenvalue weighted by molar-refractivity contribution is -0.121. The number of carbonyl (C=O) groups excluding carboxylic acids is 1. The summed E-state index contributed by atoms with van der Waals surface area (Å²) in [6.07, 6.45) is 0. The second-order valence-electron chi connectivity index (χ2n) is 7.05. The Kier molecular flexibility index (Phi) is 6.52. The Morgan fingerprint density at radius 3 is 2.61 bits per heavy atom. The predicted molar refractivity (Wildman–Crippen MR) is 125 cm³/mol. The molecule has 0 spiro atoms. The van der Waals surface area contributed by atoms with Gasteiger partial charge >= 0.3 is 0 Å². The van der Waals surface area contributed by atoms with Gasteiger partial charge in [-0.1, -0.05) is 29.3 Å². The molecule has 4 aromatic rings. The van der Waals surface area contributed by atoms with Gasteiger partial charge in [0, 0.05) is 5.69 Å². The average molecular weight is 488 g/mol. The van der Waals surface area contributed by atoms with Gasteiger partial charge in [0.15, 0.2) is 28.9 Å². The number of halogens is 3. The first-order chi connectivity index (χ1) is 15.8. The van der Waals surface area contributed by atoms with Crippen LogP contribution in [-0.2, 0) is 4.79 Å². The van der Waals surface area contributed by atoms with Crippen molar-refractivity contribution in [1.29, 1.82) is 0 Å². The first-order valence-electron chi connectivity index (χ1n) is 9.64. The van der Waals surface area contributed by atoms with E-state index in [2.05, 4.69) is 15.6 Å². The molecule has 4 rings (SSSR count). The Morgan fingerprint density at radius 1 is 1.12 bits per heavy atom. The van der Waals surface area contributed by atoms with Crippen LogP contribution in [0.25, 0.3) is 22.6 Å². The maximum Gasteiger partial charge on any atom is 0.264 e. The highest BCUT2D eigenvalue weighted by molar-refractivity contribution is 7.80. The molecule has 33 heavy (non-hydrogen) atoms. The standard InChI is InChI=1S/C23H16ClF2N3O3S/c1-12-2-5-14(6-3-12)31-11-21(30)29-23(33)27-13-4-7-20-19(8-13)28-22(32-20)15-9-17(25)18(26)10-16(15)24/h2-10H,11H2,1H3,(H2,27,29,30,33). The number of fused-ring (bicyclic) bond motifs is 1. The van der Waals surface area contributed by atoms with Crippen molar-refractivity contribution in [2.45, 2.75) is 6.92 Å². The largest absolute Gasteiger partial charge is 0.484 e. The Labute approximate surface area is 197 Å². The van der Waals surface area contributed by atoms with Crippen LogP contribution in [0.5, 0.6) is 5.75 Å². The molecule has 0 bridgehead atoms. The van der Waals surface area contributed by atoms with Crippen molar-refractivity contribution in [3.63, 3.8) is 0 Å². The topological polar surface area (TPSA) is 76.4 Å². The van der Waals surface area contributed by atoms with Crippen molar-refractivity contribution in [2.75, 3.05) is 11.9 Å². The molecule has 1 amide bonds. The van der Waals surface area contributed by atoms with Gasteiger partial charge < -0.3 is 14.5 Å². The summed E-state index contributed by atoms with van der Waals surface area (Å²) in [6, 6.07) is 14.0. The lowest BCUT2D eigenvalue weighted by Crippen LogP contribution is -2.37. The number of benzene rings is 3.